The Morgan fingerprint density at radius 3 is 2.09 bits per heavy atom. The molecule has 0 N–H and O–H groups in total. The van der Waals surface area contributed by atoms with Crippen molar-refractivity contribution in [1.82, 2.24) is 0 Å². The van der Waals surface area contributed by atoms with Crippen LogP contribution in [0.2, 0.25) is 5.04 Å². The van der Waals surface area contributed by atoms with Crippen LogP contribution in [0.25, 0.3) is 0 Å². The van der Waals surface area contributed by atoms with Crippen LogP contribution in [-0.2, 0) is 13.9 Å². The molecule has 0 unspecified atom stereocenters. The molecule has 1 fully saturated rings. The van der Waals surface area contributed by atoms with Gasteiger partial charge in [-0.2, -0.15) is 0 Å². The molecule has 3 rings (SSSR count). The third-order valence-electron chi connectivity index (χ3n) is 6.59. The maximum absolute atomic E-state index is 7.16. The van der Waals surface area contributed by atoms with Crippen molar-refractivity contribution in [2.24, 2.45) is 5.92 Å². The first-order valence-corrected chi connectivity index (χ1v) is 13.5. The molecular weight excluding hydrogens is 432 g/mol. The summed E-state index contributed by atoms with van der Waals surface area (Å²) in [7, 11) is -2.69. The molecular formula is C27H34O3SSi. The highest BCUT2D eigenvalue weighted by atomic mass is 32.1. The quantitative estimate of drug-likeness (QED) is 0.335. The van der Waals surface area contributed by atoms with Gasteiger partial charge in [-0.25, -0.2) is 0 Å². The molecule has 1 heterocycles. The van der Waals surface area contributed by atoms with E-state index < -0.39 is 13.9 Å². The smallest absolute Gasteiger partial charge is 0.261 e. The molecule has 2 aromatic carbocycles. The van der Waals surface area contributed by atoms with Gasteiger partial charge in [0.15, 0.2) is 5.05 Å². The number of terminal acetylenes is 1. The van der Waals surface area contributed by atoms with Crippen LogP contribution in [-0.4, -0.2) is 38.3 Å². The molecule has 0 aliphatic carbocycles. The molecule has 0 saturated carbocycles. The van der Waals surface area contributed by atoms with Gasteiger partial charge in [0.2, 0.25) is 0 Å². The van der Waals surface area contributed by atoms with E-state index in [0.717, 1.165) is 0 Å². The zero-order chi connectivity index (χ0) is 23.4. The summed E-state index contributed by atoms with van der Waals surface area (Å²) in [5, 5.41) is 2.89. The second-order valence-corrected chi connectivity index (χ2v) is 14.5. The minimum atomic E-state index is -2.69. The molecule has 3 nitrogen and oxygen atoms in total. The maximum atomic E-state index is 7.16. The van der Waals surface area contributed by atoms with Gasteiger partial charge in [-0.3, -0.25) is 0 Å². The van der Waals surface area contributed by atoms with Crippen LogP contribution in [0.15, 0.2) is 60.7 Å². The van der Waals surface area contributed by atoms with Gasteiger partial charge >= 0.3 is 0 Å². The summed E-state index contributed by atoms with van der Waals surface area (Å²) in [5.74, 6) is 2.88. The molecule has 0 amide bonds. The highest BCUT2D eigenvalue weighted by Crippen LogP contribution is 2.41. The molecule has 0 aromatic heterocycles. The summed E-state index contributed by atoms with van der Waals surface area (Å²) < 4.78 is 19.4. The Hall–Kier alpha value is -1.97. The lowest BCUT2D eigenvalue weighted by Crippen LogP contribution is -2.68. The van der Waals surface area contributed by atoms with E-state index in [1.54, 1.807) is 6.92 Å². The standard InChI is InChI=1S/C27H34O3SSi/c1-7-18-27(21(2)25(19-28-27)30-22(3)31)20-29-32(26(4,5)6,23-14-10-8-11-15-23)24-16-12-9-13-17-24/h1,8-17,21,25H,18-20H2,2-6H3/t21-,25-,27-/m0/s1. The van der Waals surface area contributed by atoms with Gasteiger partial charge in [-0.05, 0) is 27.6 Å². The Bertz CT molecular complexity index is 909. The SMILES string of the molecule is C#CC[C@@]1(CO[Si](c2ccccc2)(c2ccccc2)C(C)(C)C)OC[C@H](OC(C)=S)[C@@H]1C. The summed E-state index contributed by atoms with van der Waals surface area (Å²) in [4.78, 5) is 0. The summed E-state index contributed by atoms with van der Waals surface area (Å²) in [6.45, 7) is 11.6. The summed E-state index contributed by atoms with van der Waals surface area (Å²) in [6, 6.07) is 21.2. The molecule has 2 aromatic rings. The molecule has 170 valence electrons. The first-order valence-electron chi connectivity index (χ1n) is 11.2. The van der Waals surface area contributed by atoms with Crippen LogP contribution in [0.1, 0.15) is 41.0 Å². The van der Waals surface area contributed by atoms with Crippen LogP contribution in [0, 0.1) is 18.3 Å². The van der Waals surface area contributed by atoms with Crippen molar-refractivity contribution in [2.75, 3.05) is 13.2 Å². The van der Waals surface area contributed by atoms with Gasteiger partial charge in [0.05, 0.1) is 13.2 Å². The van der Waals surface area contributed by atoms with Crippen LogP contribution in [0.3, 0.4) is 0 Å². The number of hydrogen-bond acceptors (Lipinski definition) is 4. The van der Waals surface area contributed by atoms with Crippen LogP contribution in [0.4, 0.5) is 0 Å². The normalized spacial score (nSPS) is 23.5. The van der Waals surface area contributed by atoms with Crippen molar-refractivity contribution in [3.63, 3.8) is 0 Å². The van der Waals surface area contributed by atoms with Gasteiger partial charge in [0.1, 0.15) is 11.7 Å². The predicted octanol–water partition coefficient (Wildman–Crippen LogP) is 4.72. The van der Waals surface area contributed by atoms with E-state index in [1.165, 1.54) is 10.4 Å². The number of thiocarbonyl (C=S) groups is 1. The minimum absolute atomic E-state index is 0.0506. The topological polar surface area (TPSA) is 27.7 Å². The summed E-state index contributed by atoms with van der Waals surface area (Å²) >= 11 is 5.18. The van der Waals surface area contributed by atoms with Crippen molar-refractivity contribution in [2.45, 2.75) is 57.8 Å². The summed E-state index contributed by atoms with van der Waals surface area (Å²) in [6.07, 6.45) is 6.15. The van der Waals surface area contributed by atoms with Gasteiger partial charge in [0.25, 0.3) is 8.32 Å². The van der Waals surface area contributed by atoms with Crippen molar-refractivity contribution in [3.8, 4) is 12.3 Å². The Kier molecular flexibility index (Phi) is 7.62. The predicted molar refractivity (Wildman–Crippen MR) is 138 cm³/mol. The van der Waals surface area contributed by atoms with Gasteiger partial charge in [-0.15, -0.1) is 12.3 Å². The van der Waals surface area contributed by atoms with Gasteiger partial charge in [0, 0.05) is 19.3 Å². The van der Waals surface area contributed by atoms with E-state index >= 15 is 0 Å². The van der Waals surface area contributed by atoms with Crippen LogP contribution >= 0.6 is 12.2 Å². The van der Waals surface area contributed by atoms with E-state index in [0.29, 0.717) is 24.7 Å². The van der Waals surface area contributed by atoms with Crippen molar-refractivity contribution in [1.29, 1.82) is 0 Å². The number of hydrogen-bond donors (Lipinski definition) is 0. The van der Waals surface area contributed by atoms with Gasteiger partial charge < -0.3 is 13.9 Å². The van der Waals surface area contributed by atoms with E-state index in [9.17, 15) is 0 Å². The molecule has 5 heteroatoms. The molecule has 0 bridgehead atoms. The Labute approximate surface area is 199 Å². The highest BCUT2D eigenvalue weighted by molar-refractivity contribution is 7.80. The minimum Gasteiger partial charge on any atom is -0.481 e. The molecule has 1 aliphatic heterocycles. The van der Waals surface area contributed by atoms with Crippen molar-refractivity contribution < 1.29 is 13.9 Å². The first-order chi connectivity index (χ1) is 15.2. The fourth-order valence-corrected chi connectivity index (χ4v) is 9.55. The Balaban J connectivity index is 2.05. The van der Waals surface area contributed by atoms with Crippen LogP contribution < -0.4 is 10.4 Å². The molecule has 0 spiro atoms. The lowest BCUT2D eigenvalue weighted by molar-refractivity contribution is -0.0495. The fourth-order valence-electron chi connectivity index (χ4n) is 4.81. The largest absolute Gasteiger partial charge is 0.481 e. The van der Waals surface area contributed by atoms with E-state index in [4.69, 9.17) is 32.5 Å². The zero-order valence-corrected chi connectivity index (χ0v) is 21.6. The first kappa shape index (κ1) is 24.7. The number of ether oxygens (including phenoxy) is 2. The molecule has 0 radical (unpaired) electrons. The second-order valence-electron chi connectivity index (χ2n) is 9.65. The van der Waals surface area contributed by atoms with Crippen molar-refractivity contribution in [3.05, 3.63) is 60.7 Å². The zero-order valence-electron chi connectivity index (χ0n) is 19.8. The lowest BCUT2D eigenvalue weighted by atomic mass is 9.85. The third kappa shape index (κ3) is 4.70. The Morgan fingerprint density at radius 2 is 1.66 bits per heavy atom. The molecule has 3 atom stereocenters. The highest BCUT2D eigenvalue weighted by Gasteiger charge is 2.54. The number of benzene rings is 2. The van der Waals surface area contributed by atoms with Crippen LogP contribution in [0.5, 0.6) is 0 Å². The third-order valence-corrected chi connectivity index (χ3v) is 11.7. The van der Waals surface area contributed by atoms with E-state index in [-0.39, 0.29) is 17.1 Å². The maximum Gasteiger partial charge on any atom is 0.261 e. The summed E-state index contributed by atoms with van der Waals surface area (Å²) in [5.41, 5.74) is -0.614. The lowest BCUT2D eigenvalue weighted by Gasteiger charge is -2.45. The van der Waals surface area contributed by atoms with Gasteiger partial charge in [-0.1, -0.05) is 88.4 Å². The number of rotatable bonds is 7. The average Bonchev–Trinajstić information content (AvgIpc) is 3.05. The molecule has 32 heavy (non-hydrogen) atoms. The Morgan fingerprint density at radius 1 is 1.12 bits per heavy atom. The molecule has 1 saturated heterocycles. The van der Waals surface area contributed by atoms with E-state index in [1.807, 2.05) is 12.1 Å². The van der Waals surface area contributed by atoms with E-state index in [2.05, 4.69) is 82.1 Å². The van der Waals surface area contributed by atoms with Crippen molar-refractivity contribution >= 4 is 36.0 Å². The monoisotopic (exact) mass is 466 g/mol. The second kappa shape index (κ2) is 9.89. The average molecular weight is 467 g/mol. The molecule has 1 aliphatic rings. The fraction of sp³-hybridized carbons (Fsp3) is 0.444.